The third kappa shape index (κ3) is 4.23. The van der Waals surface area contributed by atoms with Crippen molar-refractivity contribution in [3.05, 3.63) is 48.5 Å². The van der Waals surface area contributed by atoms with Gasteiger partial charge in [-0.15, -0.1) is 0 Å². The van der Waals surface area contributed by atoms with Gasteiger partial charge >= 0.3 is 0 Å². The molecule has 0 radical (unpaired) electrons. The number of anilines is 1. The summed E-state index contributed by atoms with van der Waals surface area (Å²) in [6.07, 6.45) is 2.01. The molecule has 0 spiro atoms. The lowest BCUT2D eigenvalue weighted by atomic mass is 10.0. The topological polar surface area (TPSA) is 76.2 Å². The Morgan fingerprint density at radius 3 is 2.57 bits per heavy atom. The van der Waals surface area contributed by atoms with Gasteiger partial charge in [-0.25, -0.2) is 8.42 Å². The second kappa shape index (κ2) is 8.55. The van der Waals surface area contributed by atoms with Crippen LogP contribution in [0.1, 0.15) is 19.8 Å². The molecule has 0 aliphatic carbocycles. The molecule has 2 aromatic rings. The maximum Gasteiger partial charge on any atom is 0.264 e. The van der Waals surface area contributed by atoms with Crippen LogP contribution in [0, 0.1) is 5.92 Å². The van der Waals surface area contributed by atoms with Crippen molar-refractivity contribution in [2.45, 2.75) is 24.7 Å². The minimum absolute atomic E-state index is 0.139. The number of carbonyl (C=O) groups excluding carboxylic acids is 1. The summed E-state index contributed by atoms with van der Waals surface area (Å²) in [5.74, 6) is 1.26. The zero-order valence-electron chi connectivity index (χ0n) is 17.0. The summed E-state index contributed by atoms with van der Waals surface area (Å²) in [7, 11) is -3.94. The number of ether oxygens (including phenoxy) is 2. The SMILES string of the molecule is C[C@H]1CCCN(C(=O)CN(c2ccc3c(c2)OCCO3)S(=O)(=O)c2ccccc2)C1. The molecule has 4 rings (SSSR count). The maximum atomic E-state index is 13.5. The summed E-state index contributed by atoms with van der Waals surface area (Å²) in [5.41, 5.74) is 0.376. The molecule has 2 heterocycles. The quantitative estimate of drug-likeness (QED) is 0.729. The van der Waals surface area contributed by atoms with Crippen LogP contribution in [0.15, 0.2) is 53.4 Å². The number of sulfonamides is 1. The smallest absolute Gasteiger partial charge is 0.264 e. The van der Waals surface area contributed by atoms with Gasteiger partial charge in [0.2, 0.25) is 5.91 Å². The van der Waals surface area contributed by atoms with Crippen LogP contribution in [0.4, 0.5) is 5.69 Å². The fourth-order valence-electron chi connectivity index (χ4n) is 3.86. The van der Waals surface area contributed by atoms with Crippen molar-refractivity contribution in [1.29, 1.82) is 0 Å². The molecular weight excluding hydrogens is 404 g/mol. The van der Waals surface area contributed by atoms with Crippen molar-refractivity contribution in [3.8, 4) is 11.5 Å². The first-order chi connectivity index (χ1) is 14.4. The number of hydrogen-bond donors (Lipinski definition) is 0. The minimum Gasteiger partial charge on any atom is -0.486 e. The van der Waals surface area contributed by atoms with E-state index >= 15 is 0 Å². The van der Waals surface area contributed by atoms with Crippen LogP contribution in [-0.4, -0.2) is 52.1 Å². The second-order valence-electron chi connectivity index (χ2n) is 7.74. The predicted molar refractivity (Wildman–Crippen MR) is 113 cm³/mol. The van der Waals surface area contributed by atoms with Gasteiger partial charge < -0.3 is 14.4 Å². The Labute approximate surface area is 177 Å². The summed E-state index contributed by atoms with van der Waals surface area (Å²) in [6, 6.07) is 13.1. The monoisotopic (exact) mass is 430 g/mol. The number of amides is 1. The van der Waals surface area contributed by atoms with Crippen LogP contribution in [-0.2, 0) is 14.8 Å². The number of likely N-dealkylation sites (tertiary alicyclic amines) is 1. The van der Waals surface area contributed by atoms with E-state index in [1.54, 1.807) is 41.3 Å². The van der Waals surface area contributed by atoms with E-state index in [9.17, 15) is 13.2 Å². The van der Waals surface area contributed by atoms with Crippen molar-refractivity contribution in [2.24, 2.45) is 5.92 Å². The lowest BCUT2D eigenvalue weighted by Gasteiger charge is -2.33. The van der Waals surface area contributed by atoms with E-state index < -0.39 is 10.0 Å². The molecule has 0 unspecified atom stereocenters. The summed E-state index contributed by atoms with van der Waals surface area (Å²) < 4.78 is 39.3. The van der Waals surface area contributed by atoms with Crippen molar-refractivity contribution in [3.63, 3.8) is 0 Å². The Kier molecular flexibility index (Phi) is 5.85. The molecule has 30 heavy (non-hydrogen) atoms. The van der Waals surface area contributed by atoms with Gasteiger partial charge in [-0.2, -0.15) is 0 Å². The number of fused-ring (bicyclic) bond motifs is 1. The van der Waals surface area contributed by atoms with Crippen LogP contribution >= 0.6 is 0 Å². The molecule has 7 nitrogen and oxygen atoms in total. The van der Waals surface area contributed by atoms with Crippen molar-refractivity contribution >= 4 is 21.6 Å². The number of rotatable bonds is 5. The summed E-state index contributed by atoms with van der Waals surface area (Å²) >= 11 is 0. The number of carbonyl (C=O) groups is 1. The minimum atomic E-state index is -3.94. The zero-order chi connectivity index (χ0) is 21.1. The van der Waals surface area contributed by atoms with Gasteiger partial charge in [0.05, 0.1) is 10.6 Å². The number of piperidine rings is 1. The standard InChI is InChI=1S/C22H26N2O5S/c1-17-6-5-11-23(15-17)22(25)16-24(30(26,27)19-7-3-2-4-8-19)18-9-10-20-21(14-18)29-13-12-28-20/h2-4,7-10,14,17H,5-6,11-13,15-16H2,1H3/t17-/m0/s1. The lowest BCUT2D eigenvalue weighted by molar-refractivity contribution is -0.131. The molecule has 1 atom stereocenters. The normalized spacial score (nSPS) is 18.7. The predicted octanol–water partition coefficient (Wildman–Crippen LogP) is 2.91. The van der Waals surface area contributed by atoms with Gasteiger partial charge in [0, 0.05) is 19.2 Å². The molecule has 0 aromatic heterocycles. The Hall–Kier alpha value is -2.74. The third-order valence-corrected chi connectivity index (χ3v) is 7.22. The molecule has 8 heteroatoms. The van der Waals surface area contributed by atoms with Crippen LogP contribution in [0.5, 0.6) is 11.5 Å². The maximum absolute atomic E-state index is 13.5. The van der Waals surface area contributed by atoms with Gasteiger partial charge in [-0.05, 0) is 43.0 Å². The van der Waals surface area contributed by atoms with E-state index in [1.165, 1.54) is 16.4 Å². The van der Waals surface area contributed by atoms with Crippen LogP contribution in [0.3, 0.4) is 0 Å². The molecule has 0 N–H and O–H groups in total. The molecule has 1 fully saturated rings. The van der Waals surface area contributed by atoms with E-state index in [0.717, 1.165) is 12.8 Å². The number of benzene rings is 2. The van der Waals surface area contributed by atoms with Crippen LogP contribution < -0.4 is 13.8 Å². The fourth-order valence-corrected chi connectivity index (χ4v) is 5.29. The Bertz CT molecular complexity index is 1010. The van der Waals surface area contributed by atoms with Crippen molar-refractivity contribution < 1.29 is 22.7 Å². The second-order valence-corrected chi connectivity index (χ2v) is 9.60. The van der Waals surface area contributed by atoms with E-state index in [1.807, 2.05) is 0 Å². The first-order valence-corrected chi connectivity index (χ1v) is 11.6. The van der Waals surface area contributed by atoms with Gasteiger partial charge in [0.25, 0.3) is 10.0 Å². The molecule has 1 amide bonds. The summed E-state index contributed by atoms with van der Waals surface area (Å²) in [4.78, 5) is 15.0. The average molecular weight is 431 g/mol. The fraction of sp³-hybridized carbons (Fsp3) is 0.409. The zero-order valence-corrected chi connectivity index (χ0v) is 17.8. The Balaban J connectivity index is 1.69. The molecule has 2 aromatic carbocycles. The van der Waals surface area contributed by atoms with E-state index in [4.69, 9.17) is 9.47 Å². The Morgan fingerprint density at radius 1 is 1.10 bits per heavy atom. The molecule has 0 bridgehead atoms. The van der Waals surface area contributed by atoms with E-state index in [-0.39, 0.29) is 17.3 Å². The van der Waals surface area contributed by atoms with Crippen LogP contribution in [0.2, 0.25) is 0 Å². The largest absolute Gasteiger partial charge is 0.486 e. The third-order valence-electron chi connectivity index (χ3n) is 5.43. The number of nitrogens with zero attached hydrogens (tertiary/aromatic N) is 2. The van der Waals surface area contributed by atoms with Crippen LogP contribution in [0.25, 0.3) is 0 Å². The highest BCUT2D eigenvalue weighted by Gasteiger charge is 2.31. The van der Waals surface area contributed by atoms with E-state index in [0.29, 0.717) is 49.4 Å². The molecule has 2 aliphatic heterocycles. The highest BCUT2D eigenvalue weighted by atomic mass is 32.2. The molecule has 160 valence electrons. The Morgan fingerprint density at radius 2 is 1.83 bits per heavy atom. The summed E-state index contributed by atoms with van der Waals surface area (Å²) in [6.45, 7) is 4.00. The highest BCUT2D eigenvalue weighted by molar-refractivity contribution is 7.92. The summed E-state index contributed by atoms with van der Waals surface area (Å²) in [5, 5.41) is 0. The van der Waals surface area contributed by atoms with Crippen molar-refractivity contribution in [2.75, 3.05) is 37.2 Å². The van der Waals surface area contributed by atoms with Gasteiger partial charge in [-0.3, -0.25) is 9.10 Å². The number of hydrogen-bond acceptors (Lipinski definition) is 5. The van der Waals surface area contributed by atoms with Gasteiger partial charge in [0.1, 0.15) is 19.8 Å². The lowest BCUT2D eigenvalue weighted by Crippen LogP contribution is -2.46. The first kappa shape index (κ1) is 20.5. The first-order valence-electron chi connectivity index (χ1n) is 10.2. The molecule has 0 saturated carbocycles. The molecular formula is C22H26N2O5S. The average Bonchev–Trinajstić information content (AvgIpc) is 2.77. The van der Waals surface area contributed by atoms with Gasteiger partial charge in [0.15, 0.2) is 11.5 Å². The van der Waals surface area contributed by atoms with E-state index in [2.05, 4.69) is 6.92 Å². The molecule has 1 saturated heterocycles. The molecule has 2 aliphatic rings. The highest BCUT2D eigenvalue weighted by Crippen LogP contribution is 2.35. The van der Waals surface area contributed by atoms with Gasteiger partial charge in [-0.1, -0.05) is 25.1 Å². The van der Waals surface area contributed by atoms with Crippen molar-refractivity contribution in [1.82, 2.24) is 4.90 Å².